The van der Waals surface area contributed by atoms with Gasteiger partial charge in [-0.1, -0.05) is 29.8 Å². The van der Waals surface area contributed by atoms with Gasteiger partial charge in [-0.05, 0) is 48.9 Å². The molecular formula is C20H22ClNO5S. The van der Waals surface area contributed by atoms with Gasteiger partial charge in [0.05, 0.1) is 13.7 Å². The van der Waals surface area contributed by atoms with Crippen molar-refractivity contribution in [2.75, 3.05) is 7.11 Å². The molecule has 0 unspecified atom stereocenters. The number of methoxy groups -OCH3 is 1. The van der Waals surface area contributed by atoms with Crippen LogP contribution in [0.1, 0.15) is 29.9 Å². The Morgan fingerprint density at radius 3 is 2.68 bits per heavy atom. The summed E-state index contributed by atoms with van der Waals surface area (Å²) in [5, 5.41) is 5.59. The number of benzene rings is 1. The Hall–Kier alpha value is -1.93. The Kier molecular flexibility index (Phi) is 6.40. The van der Waals surface area contributed by atoms with Crippen LogP contribution in [0.15, 0.2) is 35.7 Å². The van der Waals surface area contributed by atoms with Gasteiger partial charge in [0.25, 0.3) is 5.91 Å². The van der Waals surface area contributed by atoms with Crippen LogP contribution in [0.4, 0.5) is 0 Å². The third-order valence-corrected chi connectivity index (χ3v) is 5.64. The van der Waals surface area contributed by atoms with E-state index in [0.29, 0.717) is 6.54 Å². The molecule has 1 N–H and O–H groups in total. The lowest BCUT2D eigenvalue weighted by atomic mass is 10.1. The molecule has 150 valence electrons. The van der Waals surface area contributed by atoms with Gasteiger partial charge in [0.15, 0.2) is 18.0 Å². The molecule has 1 aliphatic rings. The smallest absolute Gasteiger partial charge is 0.338 e. The molecule has 8 heteroatoms. The number of halogens is 1. The normalized spacial score (nSPS) is 20.7. The van der Waals surface area contributed by atoms with Gasteiger partial charge < -0.3 is 19.5 Å². The number of hydrogen-bond acceptors (Lipinski definition) is 6. The molecule has 0 saturated carbocycles. The molecule has 0 bridgehead atoms. The van der Waals surface area contributed by atoms with E-state index < -0.39 is 29.9 Å². The fourth-order valence-corrected chi connectivity index (χ4v) is 4.02. The van der Waals surface area contributed by atoms with E-state index >= 15 is 0 Å². The van der Waals surface area contributed by atoms with Gasteiger partial charge in [-0.2, -0.15) is 0 Å². The fraction of sp³-hybridized carbons (Fsp3) is 0.400. The van der Waals surface area contributed by atoms with Crippen molar-refractivity contribution in [3.8, 4) is 0 Å². The first-order valence-corrected chi connectivity index (χ1v) is 10.1. The fourth-order valence-electron chi connectivity index (χ4n) is 2.99. The Balaban J connectivity index is 1.59. The van der Waals surface area contributed by atoms with E-state index in [4.69, 9.17) is 25.8 Å². The van der Waals surface area contributed by atoms with Gasteiger partial charge in [0.2, 0.25) is 0 Å². The van der Waals surface area contributed by atoms with Crippen LogP contribution >= 0.6 is 22.9 Å². The molecule has 1 aliphatic heterocycles. The largest absolute Gasteiger partial charge is 0.467 e. The summed E-state index contributed by atoms with van der Waals surface area (Å²) < 4.78 is 15.8. The maximum atomic E-state index is 12.5. The average Bonchev–Trinajstić information content (AvgIpc) is 3.24. The second-order valence-corrected chi connectivity index (χ2v) is 8.31. The van der Waals surface area contributed by atoms with Crippen LogP contribution in [0, 0.1) is 0 Å². The third kappa shape index (κ3) is 4.91. The standard InChI is InChI=1S/C20H22ClNO5S/c1-20(2)26-16(17(27-20)19(24)25-3)18(23)22-10-14-9-12(11-28-14)8-13-6-4-5-7-15(13)21/h4-7,9,11,16-17H,8,10H2,1-3H3,(H,22,23)/t16-,17-/m1/s1. The molecule has 6 nitrogen and oxygen atoms in total. The van der Waals surface area contributed by atoms with Crippen molar-refractivity contribution in [3.63, 3.8) is 0 Å². The molecule has 0 spiro atoms. The summed E-state index contributed by atoms with van der Waals surface area (Å²) in [6, 6.07) is 9.75. The summed E-state index contributed by atoms with van der Waals surface area (Å²) in [4.78, 5) is 25.4. The first kappa shape index (κ1) is 20.8. The molecule has 1 aromatic carbocycles. The van der Waals surface area contributed by atoms with Crippen LogP contribution in [-0.2, 0) is 36.8 Å². The maximum absolute atomic E-state index is 12.5. The number of rotatable bonds is 6. The van der Waals surface area contributed by atoms with Crippen LogP contribution < -0.4 is 5.32 Å². The molecule has 3 rings (SSSR count). The number of esters is 1. The third-order valence-electron chi connectivity index (χ3n) is 4.29. The summed E-state index contributed by atoms with van der Waals surface area (Å²) in [7, 11) is 1.25. The van der Waals surface area contributed by atoms with E-state index in [2.05, 4.69) is 5.32 Å². The van der Waals surface area contributed by atoms with E-state index in [9.17, 15) is 9.59 Å². The molecular weight excluding hydrogens is 402 g/mol. The highest BCUT2D eigenvalue weighted by Crippen LogP contribution is 2.29. The number of ether oxygens (including phenoxy) is 3. The minimum atomic E-state index is -1.08. The highest BCUT2D eigenvalue weighted by Gasteiger charge is 2.49. The molecule has 2 aromatic rings. The van der Waals surface area contributed by atoms with Crippen LogP contribution in [0.3, 0.4) is 0 Å². The predicted octanol–water partition coefficient (Wildman–Crippen LogP) is 3.30. The van der Waals surface area contributed by atoms with Crippen LogP contribution in [0.25, 0.3) is 0 Å². The van der Waals surface area contributed by atoms with Gasteiger partial charge in [-0.3, -0.25) is 4.79 Å². The quantitative estimate of drug-likeness (QED) is 0.721. The second kappa shape index (κ2) is 8.61. The van der Waals surface area contributed by atoms with E-state index in [-0.39, 0.29) is 0 Å². The van der Waals surface area contributed by atoms with E-state index in [1.54, 1.807) is 25.2 Å². The lowest BCUT2D eigenvalue weighted by Gasteiger charge is -2.16. The van der Waals surface area contributed by atoms with Crippen molar-refractivity contribution in [2.24, 2.45) is 0 Å². The summed E-state index contributed by atoms with van der Waals surface area (Å²) in [5.41, 5.74) is 2.17. The lowest BCUT2D eigenvalue weighted by molar-refractivity contribution is -0.168. The molecule has 1 aromatic heterocycles. The molecule has 1 fully saturated rings. The molecule has 28 heavy (non-hydrogen) atoms. The second-order valence-electron chi connectivity index (χ2n) is 6.91. The van der Waals surface area contributed by atoms with Gasteiger partial charge in [0, 0.05) is 9.90 Å². The van der Waals surface area contributed by atoms with Crippen molar-refractivity contribution < 1.29 is 23.8 Å². The Labute approximate surface area is 172 Å². The molecule has 2 heterocycles. The molecule has 1 amide bonds. The summed E-state index contributed by atoms with van der Waals surface area (Å²) in [5.74, 6) is -2.09. The zero-order valence-electron chi connectivity index (χ0n) is 15.9. The van der Waals surface area contributed by atoms with Crippen LogP contribution in [0.5, 0.6) is 0 Å². The van der Waals surface area contributed by atoms with E-state index in [1.165, 1.54) is 7.11 Å². The molecule has 0 aliphatic carbocycles. The maximum Gasteiger partial charge on any atom is 0.338 e. The Morgan fingerprint density at radius 1 is 1.25 bits per heavy atom. The van der Waals surface area contributed by atoms with E-state index in [1.807, 2.05) is 35.7 Å². The molecule has 0 radical (unpaired) electrons. The van der Waals surface area contributed by atoms with Crippen molar-refractivity contribution in [1.29, 1.82) is 0 Å². The van der Waals surface area contributed by atoms with Crippen molar-refractivity contribution in [2.45, 2.75) is 44.8 Å². The number of thiophene rings is 1. The minimum Gasteiger partial charge on any atom is -0.467 e. The van der Waals surface area contributed by atoms with Crippen molar-refractivity contribution in [3.05, 3.63) is 56.7 Å². The minimum absolute atomic E-state index is 0.334. The number of carbonyl (C=O) groups excluding carboxylic acids is 2. The number of nitrogens with one attached hydrogen (secondary N) is 1. The monoisotopic (exact) mass is 423 g/mol. The first-order valence-electron chi connectivity index (χ1n) is 8.80. The van der Waals surface area contributed by atoms with Gasteiger partial charge in [-0.15, -0.1) is 11.3 Å². The highest BCUT2D eigenvalue weighted by molar-refractivity contribution is 7.10. The Morgan fingerprint density at radius 2 is 1.96 bits per heavy atom. The SMILES string of the molecule is COC(=O)[C@@H]1OC(C)(C)O[C@H]1C(=O)NCc1cc(Cc2ccccc2Cl)cs1. The number of carbonyl (C=O) groups is 2. The zero-order chi connectivity index (χ0) is 20.3. The average molecular weight is 424 g/mol. The Bertz CT molecular complexity index is 866. The molecule has 1 saturated heterocycles. The lowest BCUT2D eigenvalue weighted by Crippen LogP contribution is -2.44. The van der Waals surface area contributed by atoms with Crippen molar-refractivity contribution in [1.82, 2.24) is 5.32 Å². The number of amides is 1. The topological polar surface area (TPSA) is 73.9 Å². The van der Waals surface area contributed by atoms with Crippen LogP contribution in [0.2, 0.25) is 5.02 Å². The zero-order valence-corrected chi connectivity index (χ0v) is 17.4. The predicted molar refractivity (Wildman–Crippen MR) is 106 cm³/mol. The van der Waals surface area contributed by atoms with Gasteiger partial charge in [-0.25, -0.2) is 4.79 Å². The summed E-state index contributed by atoms with van der Waals surface area (Å²) in [6.07, 6.45) is -1.41. The van der Waals surface area contributed by atoms with Gasteiger partial charge in [0.1, 0.15) is 0 Å². The van der Waals surface area contributed by atoms with Crippen molar-refractivity contribution >= 4 is 34.8 Å². The summed E-state index contributed by atoms with van der Waals surface area (Å²) in [6.45, 7) is 3.63. The summed E-state index contributed by atoms with van der Waals surface area (Å²) >= 11 is 7.76. The van der Waals surface area contributed by atoms with E-state index in [0.717, 1.165) is 27.4 Å². The molecule has 2 atom stereocenters. The number of hydrogen-bond donors (Lipinski definition) is 1. The van der Waals surface area contributed by atoms with Crippen LogP contribution in [-0.4, -0.2) is 37.0 Å². The van der Waals surface area contributed by atoms with Gasteiger partial charge >= 0.3 is 5.97 Å². The first-order chi connectivity index (χ1) is 13.3. The highest BCUT2D eigenvalue weighted by atomic mass is 35.5.